The Morgan fingerprint density at radius 3 is 2.70 bits per heavy atom. The average Bonchev–Trinajstić information content (AvgIpc) is 3.43. The summed E-state index contributed by atoms with van der Waals surface area (Å²) in [4.78, 5) is 13.1. The van der Waals surface area contributed by atoms with E-state index >= 15 is 0 Å². The Balaban J connectivity index is 1.83. The van der Waals surface area contributed by atoms with Crippen LogP contribution in [0, 0.1) is 5.82 Å². The van der Waals surface area contributed by atoms with Crippen LogP contribution in [0.15, 0.2) is 64.3 Å². The smallest absolute Gasteiger partial charge is 0.310 e. The fraction of sp³-hybridized carbons (Fsp3) is 0.182. The third kappa shape index (κ3) is 3.52. The van der Waals surface area contributed by atoms with Gasteiger partial charge in [-0.25, -0.2) is 9.40 Å². The second-order valence-corrected chi connectivity index (χ2v) is 7.00. The lowest BCUT2D eigenvalue weighted by molar-refractivity contribution is 0.0676. The Morgan fingerprint density at radius 1 is 1.20 bits per heavy atom. The fourth-order valence-electron chi connectivity index (χ4n) is 3.47. The van der Waals surface area contributed by atoms with E-state index in [-0.39, 0.29) is 22.8 Å². The van der Waals surface area contributed by atoms with Crippen LogP contribution in [0.1, 0.15) is 34.1 Å². The molecule has 2 heterocycles. The normalized spacial score (nSPS) is 15.8. The minimum Gasteiger partial charge on any atom is -0.497 e. The summed E-state index contributed by atoms with van der Waals surface area (Å²) in [6.07, 6.45) is 1.63. The summed E-state index contributed by atoms with van der Waals surface area (Å²) in [5, 5.41) is 5.94. The molecule has 1 aliphatic rings. The maximum Gasteiger partial charge on any atom is 0.310 e. The number of ether oxygens (including phenoxy) is 2. The third-order valence-electron chi connectivity index (χ3n) is 4.90. The molecule has 1 amide bonds. The van der Waals surface area contributed by atoms with Gasteiger partial charge in [-0.1, -0.05) is 17.7 Å². The third-order valence-corrected chi connectivity index (χ3v) is 5.23. The minimum atomic E-state index is -0.748. The highest BCUT2D eigenvalue weighted by Gasteiger charge is 2.38. The molecule has 154 valence electrons. The number of carbonyl (C=O) groups excluding carboxylic acids is 1. The molecule has 1 unspecified atom stereocenters. The number of hydrogen-bond donors (Lipinski definition) is 0. The molecule has 8 heteroatoms. The van der Waals surface area contributed by atoms with Crippen LogP contribution >= 0.6 is 11.6 Å². The molecule has 0 bridgehead atoms. The number of carbonyl (C=O) groups is 1. The molecule has 1 aromatic heterocycles. The quantitative estimate of drug-likeness (QED) is 0.568. The van der Waals surface area contributed by atoms with Crippen molar-refractivity contribution >= 4 is 23.2 Å². The van der Waals surface area contributed by atoms with Crippen LogP contribution in [-0.4, -0.2) is 30.8 Å². The second kappa shape index (κ2) is 8.20. The van der Waals surface area contributed by atoms with Gasteiger partial charge in [-0.15, -0.1) is 0 Å². The van der Waals surface area contributed by atoms with E-state index in [2.05, 4.69) is 5.10 Å². The van der Waals surface area contributed by atoms with Gasteiger partial charge in [0.1, 0.15) is 17.3 Å². The molecule has 30 heavy (non-hydrogen) atoms. The number of hydrazone groups is 1. The first-order valence-electron chi connectivity index (χ1n) is 9.14. The molecule has 2 aromatic carbocycles. The first-order chi connectivity index (χ1) is 14.5. The number of methoxy groups -OCH3 is 2. The first-order valence-corrected chi connectivity index (χ1v) is 9.52. The van der Waals surface area contributed by atoms with Gasteiger partial charge in [0.2, 0.25) is 0 Å². The van der Waals surface area contributed by atoms with E-state index in [0.717, 1.165) is 0 Å². The maximum absolute atomic E-state index is 14.7. The van der Waals surface area contributed by atoms with Crippen molar-refractivity contribution in [1.82, 2.24) is 5.01 Å². The summed E-state index contributed by atoms with van der Waals surface area (Å²) >= 11 is 6.31. The Hall–Kier alpha value is -3.32. The number of halogens is 2. The molecule has 1 atom stereocenters. The molecule has 0 N–H and O–H groups in total. The van der Waals surface area contributed by atoms with Gasteiger partial charge in [0, 0.05) is 22.6 Å². The van der Waals surface area contributed by atoms with Crippen molar-refractivity contribution in [1.29, 1.82) is 0 Å². The zero-order valence-electron chi connectivity index (χ0n) is 16.3. The van der Waals surface area contributed by atoms with E-state index in [1.807, 2.05) is 0 Å². The highest BCUT2D eigenvalue weighted by atomic mass is 35.5. The van der Waals surface area contributed by atoms with Gasteiger partial charge >= 0.3 is 5.91 Å². The van der Waals surface area contributed by atoms with E-state index in [9.17, 15) is 9.18 Å². The monoisotopic (exact) mass is 428 g/mol. The molecule has 0 spiro atoms. The van der Waals surface area contributed by atoms with Crippen molar-refractivity contribution in [3.8, 4) is 11.5 Å². The lowest BCUT2D eigenvalue weighted by Gasteiger charge is -2.22. The van der Waals surface area contributed by atoms with Crippen LogP contribution in [-0.2, 0) is 0 Å². The summed E-state index contributed by atoms with van der Waals surface area (Å²) < 4.78 is 30.7. The molecule has 6 nitrogen and oxygen atoms in total. The van der Waals surface area contributed by atoms with E-state index < -0.39 is 17.8 Å². The Labute approximate surface area is 177 Å². The van der Waals surface area contributed by atoms with E-state index in [1.54, 1.807) is 37.4 Å². The fourth-order valence-corrected chi connectivity index (χ4v) is 3.76. The van der Waals surface area contributed by atoms with E-state index in [0.29, 0.717) is 22.8 Å². The van der Waals surface area contributed by atoms with Gasteiger partial charge in [0.05, 0.1) is 32.2 Å². The Bertz CT molecular complexity index is 1090. The van der Waals surface area contributed by atoms with Crippen LogP contribution in [0.4, 0.5) is 4.39 Å². The molecule has 0 saturated carbocycles. The van der Waals surface area contributed by atoms with Crippen molar-refractivity contribution < 1.29 is 23.1 Å². The summed E-state index contributed by atoms with van der Waals surface area (Å²) in [6.45, 7) is 0. The van der Waals surface area contributed by atoms with Crippen LogP contribution in [0.2, 0.25) is 5.02 Å². The second-order valence-electron chi connectivity index (χ2n) is 6.60. The van der Waals surface area contributed by atoms with E-state index in [1.165, 1.54) is 36.6 Å². The van der Waals surface area contributed by atoms with Crippen LogP contribution in [0.5, 0.6) is 11.5 Å². The van der Waals surface area contributed by atoms with Gasteiger partial charge in [-0.3, -0.25) is 4.79 Å². The lowest BCUT2D eigenvalue weighted by Crippen LogP contribution is -2.27. The van der Waals surface area contributed by atoms with Gasteiger partial charge < -0.3 is 13.9 Å². The summed E-state index contributed by atoms with van der Waals surface area (Å²) in [7, 11) is 3.09. The van der Waals surface area contributed by atoms with Crippen LogP contribution < -0.4 is 9.47 Å². The van der Waals surface area contributed by atoms with Gasteiger partial charge in [0.15, 0.2) is 5.76 Å². The average molecular weight is 429 g/mol. The standard InChI is InChI=1S/C22H18ClFN2O4/c1-28-13-8-9-19(29-2)14(11-13)17-12-18(21-15(23)5-3-6-16(21)24)26(25-17)22(27)20-7-4-10-30-20/h3-11,18H,12H2,1-2H3. The molecule has 0 fully saturated rings. The van der Waals surface area contributed by atoms with Crippen LogP contribution in [0.25, 0.3) is 0 Å². The highest BCUT2D eigenvalue weighted by molar-refractivity contribution is 6.31. The number of hydrogen-bond acceptors (Lipinski definition) is 5. The van der Waals surface area contributed by atoms with Crippen molar-refractivity contribution in [3.63, 3.8) is 0 Å². The van der Waals surface area contributed by atoms with Crippen molar-refractivity contribution in [2.45, 2.75) is 12.5 Å². The molecular weight excluding hydrogens is 411 g/mol. The maximum atomic E-state index is 14.7. The van der Waals surface area contributed by atoms with Crippen LogP contribution in [0.3, 0.4) is 0 Å². The van der Waals surface area contributed by atoms with Crippen molar-refractivity contribution in [2.24, 2.45) is 5.10 Å². The number of furan rings is 1. The van der Waals surface area contributed by atoms with Gasteiger partial charge in [0.25, 0.3) is 0 Å². The molecule has 3 aromatic rings. The SMILES string of the molecule is COc1ccc(OC)c(C2=NN(C(=O)c3ccco3)C(c3c(F)cccc3Cl)C2)c1. The van der Waals surface area contributed by atoms with Gasteiger partial charge in [-0.05, 0) is 42.5 Å². The summed E-state index contributed by atoms with van der Waals surface area (Å²) in [5.41, 5.74) is 1.37. The predicted molar refractivity (Wildman–Crippen MR) is 110 cm³/mol. The Morgan fingerprint density at radius 2 is 2.03 bits per heavy atom. The molecule has 0 aliphatic carbocycles. The topological polar surface area (TPSA) is 64.3 Å². The largest absolute Gasteiger partial charge is 0.497 e. The summed E-state index contributed by atoms with van der Waals surface area (Å²) in [5.74, 6) is 0.236. The molecular formula is C22H18ClFN2O4. The first kappa shape index (κ1) is 20.0. The predicted octanol–water partition coefficient (Wildman–Crippen LogP) is 5.08. The molecule has 1 aliphatic heterocycles. The zero-order chi connectivity index (χ0) is 21.3. The van der Waals surface area contributed by atoms with Crippen molar-refractivity contribution in [3.05, 3.63) is 82.5 Å². The van der Waals surface area contributed by atoms with Gasteiger partial charge in [-0.2, -0.15) is 5.10 Å². The Kier molecular flexibility index (Phi) is 5.46. The number of amides is 1. The highest BCUT2D eigenvalue weighted by Crippen LogP contribution is 2.40. The lowest BCUT2D eigenvalue weighted by atomic mass is 9.97. The van der Waals surface area contributed by atoms with E-state index in [4.69, 9.17) is 25.5 Å². The van der Waals surface area contributed by atoms with Crippen molar-refractivity contribution in [2.75, 3.05) is 14.2 Å². The zero-order valence-corrected chi connectivity index (χ0v) is 17.0. The molecule has 0 radical (unpaired) electrons. The summed E-state index contributed by atoms with van der Waals surface area (Å²) in [6, 6.07) is 12.1. The number of rotatable bonds is 5. The number of benzene rings is 2. The molecule has 0 saturated heterocycles. The number of nitrogens with zero attached hydrogens (tertiary/aromatic N) is 2. The molecule has 4 rings (SSSR count). The minimum absolute atomic E-state index is 0.0927.